The summed E-state index contributed by atoms with van der Waals surface area (Å²) in [6, 6.07) is 20.3. The van der Waals surface area contributed by atoms with E-state index in [0.29, 0.717) is 23.8 Å². The number of benzene rings is 3. The number of nitrogens with zero attached hydrogens (tertiary/aromatic N) is 2. The maximum atomic E-state index is 14.2. The van der Waals surface area contributed by atoms with Crippen molar-refractivity contribution in [3.63, 3.8) is 0 Å². The summed E-state index contributed by atoms with van der Waals surface area (Å²) < 4.78 is 43.1. The first kappa shape index (κ1) is 33.3. The molecule has 3 aromatic carbocycles. The van der Waals surface area contributed by atoms with Gasteiger partial charge in [-0.15, -0.1) is 0 Å². The first-order valence-corrected chi connectivity index (χ1v) is 15.7. The Bertz CT molecular complexity index is 1480. The predicted molar refractivity (Wildman–Crippen MR) is 167 cm³/mol. The largest absolute Gasteiger partial charge is 0.497 e. The molecule has 0 unspecified atom stereocenters. The molecule has 1 N–H and O–H groups in total. The van der Waals surface area contributed by atoms with E-state index in [4.69, 9.17) is 14.2 Å². The van der Waals surface area contributed by atoms with Crippen LogP contribution < -0.4 is 23.8 Å². The molecule has 0 aromatic heterocycles. The smallest absolute Gasteiger partial charge is 0.244 e. The maximum absolute atomic E-state index is 14.2. The highest BCUT2D eigenvalue weighted by atomic mass is 32.2. The van der Waals surface area contributed by atoms with Gasteiger partial charge in [-0.3, -0.25) is 13.9 Å². The van der Waals surface area contributed by atoms with Gasteiger partial charge in [0.2, 0.25) is 21.8 Å². The van der Waals surface area contributed by atoms with E-state index >= 15 is 0 Å². The summed E-state index contributed by atoms with van der Waals surface area (Å²) >= 11 is 0. The lowest BCUT2D eigenvalue weighted by Crippen LogP contribution is -2.53. The zero-order chi connectivity index (χ0) is 31.6. The lowest BCUT2D eigenvalue weighted by atomic mass is 10.0. The Balaban J connectivity index is 2.08. The standard InChI is InChI=1S/C32H41N3O7S/c1-23(2)20-33-32(37)28(18-24-11-8-7-9-12-24)34(21-25-13-10-14-27(17-25)40-3)31(36)22-35(43(6,38)39)26-15-16-29(41-4)30(19-26)42-5/h7-17,19,23,28H,18,20-22H2,1-6H3,(H,33,37)/t28-/m1/s1. The average molecular weight is 612 g/mol. The van der Waals surface area contributed by atoms with Crippen molar-refractivity contribution >= 4 is 27.5 Å². The minimum atomic E-state index is -3.93. The van der Waals surface area contributed by atoms with Crippen LogP contribution in [0.25, 0.3) is 0 Å². The van der Waals surface area contributed by atoms with E-state index in [0.717, 1.165) is 21.7 Å². The van der Waals surface area contributed by atoms with Crippen LogP contribution in [0.4, 0.5) is 5.69 Å². The molecule has 10 nitrogen and oxygen atoms in total. The van der Waals surface area contributed by atoms with E-state index < -0.39 is 28.5 Å². The maximum Gasteiger partial charge on any atom is 0.244 e. The first-order valence-electron chi connectivity index (χ1n) is 13.9. The van der Waals surface area contributed by atoms with Gasteiger partial charge in [-0.05, 0) is 41.3 Å². The molecule has 0 saturated heterocycles. The molecule has 0 bridgehead atoms. The summed E-state index contributed by atoms with van der Waals surface area (Å²) in [4.78, 5) is 29.4. The Morgan fingerprint density at radius 1 is 0.837 bits per heavy atom. The van der Waals surface area contributed by atoms with Gasteiger partial charge in [0.15, 0.2) is 11.5 Å². The molecule has 0 spiro atoms. The molecule has 0 aliphatic rings. The molecule has 0 radical (unpaired) electrons. The normalized spacial score (nSPS) is 11.9. The van der Waals surface area contributed by atoms with Gasteiger partial charge in [0.1, 0.15) is 18.3 Å². The Hall–Kier alpha value is -4.25. The Morgan fingerprint density at radius 3 is 2.12 bits per heavy atom. The fourth-order valence-corrected chi connectivity index (χ4v) is 5.38. The third-order valence-electron chi connectivity index (χ3n) is 6.78. The van der Waals surface area contributed by atoms with Crippen LogP contribution in [-0.2, 0) is 32.6 Å². The fraction of sp³-hybridized carbons (Fsp3) is 0.375. The molecule has 0 saturated carbocycles. The number of anilines is 1. The monoisotopic (exact) mass is 611 g/mol. The molecular formula is C32H41N3O7S. The van der Waals surface area contributed by atoms with E-state index in [1.165, 1.54) is 25.2 Å². The van der Waals surface area contributed by atoms with Gasteiger partial charge in [0, 0.05) is 25.6 Å². The molecule has 11 heteroatoms. The van der Waals surface area contributed by atoms with Crippen molar-refractivity contribution in [2.24, 2.45) is 5.92 Å². The van der Waals surface area contributed by atoms with Gasteiger partial charge in [0.05, 0.1) is 33.3 Å². The lowest BCUT2D eigenvalue weighted by Gasteiger charge is -2.33. The van der Waals surface area contributed by atoms with Crippen LogP contribution in [0.5, 0.6) is 17.2 Å². The Labute approximate surface area is 254 Å². The summed E-state index contributed by atoms with van der Waals surface area (Å²) in [5.74, 6) is 0.626. The van der Waals surface area contributed by atoms with Crippen LogP contribution >= 0.6 is 0 Å². The van der Waals surface area contributed by atoms with Gasteiger partial charge in [0.25, 0.3) is 0 Å². The van der Waals surface area contributed by atoms with Crippen molar-refractivity contribution in [2.45, 2.75) is 32.9 Å². The second-order valence-corrected chi connectivity index (χ2v) is 12.4. The van der Waals surface area contributed by atoms with Crippen LogP contribution in [0.3, 0.4) is 0 Å². The molecule has 1 atom stereocenters. The van der Waals surface area contributed by atoms with Crippen LogP contribution in [0.1, 0.15) is 25.0 Å². The third-order valence-corrected chi connectivity index (χ3v) is 7.92. The molecule has 0 aliphatic carbocycles. The number of rotatable bonds is 15. The second-order valence-electron chi connectivity index (χ2n) is 10.5. The molecule has 0 fully saturated rings. The minimum absolute atomic E-state index is 0.0478. The first-order chi connectivity index (χ1) is 20.5. The zero-order valence-electron chi connectivity index (χ0n) is 25.6. The van der Waals surface area contributed by atoms with Gasteiger partial charge in [-0.1, -0.05) is 56.3 Å². The number of nitrogens with one attached hydrogen (secondary N) is 1. The van der Waals surface area contributed by atoms with Gasteiger partial charge < -0.3 is 24.4 Å². The number of methoxy groups -OCH3 is 3. The fourth-order valence-electron chi connectivity index (χ4n) is 4.54. The third kappa shape index (κ3) is 9.37. The number of amides is 2. The minimum Gasteiger partial charge on any atom is -0.497 e. The van der Waals surface area contributed by atoms with Gasteiger partial charge in [-0.2, -0.15) is 0 Å². The highest BCUT2D eigenvalue weighted by Gasteiger charge is 2.33. The number of hydrogen-bond acceptors (Lipinski definition) is 7. The molecule has 2 amide bonds. The lowest BCUT2D eigenvalue weighted by molar-refractivity contribution is -0.140. The topological polar surface area (TPSA) is 114 Å². The van der Waals surface area contributed by atoms with E-state index in [9.17, 15) is 18.0 Å². The predicted octanol–water partition coefficient (Wildman–Crippen LogP) is 3.89. The molecule has 3 aromatic rings. The quantitative estimate of drug-likeness (QED) is 0.277. The van der Waals surface area contributed by atoms with Crippen molar-refractivity contribution < 1.29 is 32.2 Å². The van der Waals surface area contributed by atoms with Gasteiger partial charge in [-0.25, -0.2) is 8.42 Å². The Kier molecular flexibility index (Phi) is 11.8. The highest BCUT2D eigenvalue weighted by molar-refractivity contribution is 7.92. The van der Waals surface area contributed by atoms with Crippen LogP contribution in [0.2, 0.25) is 0 Å². The molecule has 43 heavy (non-hydrogen) atoms. The second kappa shape index (κ2) is 15.3. The number of sulfonamides is 1. The van der Waals surface area contributed by atoms with Crippen molar-refractivity contribution in [1.82, 2.24) is 10.2 Å². The summed E-state index contributed by atoms with van der Waals surface area (Å²) in [6.45, 7) is 3.90. The van der Waals surface area contributed by atoms with E-state index in [1.807, 2.05) is 50.2 Å². The van der Waals surface area contributed by atoms with Crippen LogP contribution in [0, 0.1) is 5.92 Å². The average Bonchev–Trinajstić information content (AvgIpc) is 2.99. The number of carbonyl (C=O) groups excluding carboxylic acids is 2. The van der Waals surface area contributed by atoms with E-state index in [-0.39, 0.29) is 30.5 Å². The van der Waals surface area contributed by atoms with E-state index in [2.05, 4.69) is 5.32 Å². The number of carbonyl (C=O) groups is 2. The molecule has 0 heterocycles. The van der Waals surface area contributed by atoms with Crippen molar-refractivity contribution in [2.75, 3.05) is 45.0 Å². The summed E-state index contributed by atoms with van der Waals surface area (Å²) in [6.07, 6.45) is 1.26. The highest BCUT2D eigenvalue weighted by Crippen LogP contribution is 2.32. The molecular weight excluding hydrogens is 570 g/mol. The number of ether oxygens (including phenoxy) is 3. The summed E-state index contributed by atoms with van der Waals surface area (Å²) in [5.41, 5.74) is 1.80. The number of hydrogen-bond donors (Lipinski definition) is 1. The van der Waals surface area contributed by atoms with Crippen LogP contribution in [0.15, 0.2) is 72.8 Å². The Morgan fingerprint density at radius 2 is 1.51 bits per heavy atom. The van der Waals surface area contributed by atoms with E-state index in [1.54, 1.807) is 37.4 Å². The summed E-state index contributed by atoms with van der Waals surface area (Å²) in [5, 5.41) is 2.97. The summed E-state index contributed by atoms with van der Waals surface area (Å²) in [7, 11) is 0.533. The molecule has 0 aliphatic heterocycles. The zero-order valence-corrected chi connectivity index (χ0v) is 26.4. The van der Waals surface area contributed by atoms with Crippen molar-refractivity contribution in [3.8, 4) is 17.2 Å². The van der Waals surface area contributed by atoms with Crippen molar-refractivity contribution in [1.29, 1.82) is 0 Å². The molecule has 3 rings (SSSR count). The van der Waals surface area contributed by atoms with Crippen LogP contribution in [-0.4, -0.2) is 71.8 Å². The van der Waals surface area contributed by atoms with Gasteiger partial charge >= 0.3 is 0 Å². The molecule has 232 valence electrons. The SMILES string of the molecule is COc1cccc(CN(C(=O)CN(c2ccc(OC)c(OC)c2)S(C)(=O)=O)[C@H](Cc2ccccc2)C(=O)NCC(C)C)c1. The van der Waals surface area contributed by atoms with Crippen molar-refractivity contribution in [3.05, 3.63) is 83.9 Å².